The van der Waals surface area contributed by atoms with Gasteiger partial charge in [-0.3, -0.25) is 4.79 Å². The molecule has 1 saturated carbocycles. The number of nitrogens with one attached hydrogen (secondary N) is 1. The summed E-state index contributed by atoms with van der Waals surface area (Å²) in [6.45, 7) is 8.28. The first-order valence-electron chi connectivity index (χ1n) is 9.66. The van der Waals surface area contributed by atoms with Gasteiger partial charge in [-0.15, -0.1) is 0 Å². The number of aromatic hydroxyl groups is 1. The van der Waals surface area contributed by atoms with Crippen molar-refractivity contribution in [3.8, 4) is 5.75 Å². The molecule has 1 amide bonds. The lowest BCUT2D eigenvalue weighted by molar-refractivity contribution is -0.155. The van der Waals surface area contributed by atoms with Crippen LogP contribution in [-0.4, -0.2) is 22.7 Å². The fraction of sp³-hybridized carbons (Fsp3) is 0.667. The molecule has 2 fully saturated rings. The lowest BCUT2D eigenvalue weighted by Gasteiger charge is -2.52. The minimum Gasteiger partial charge on any atom is -0.506 e. The van der Waals surface area contributed by atoms with Crippen molar-refractivity contribution >= 4 is 21.8 Å². The number of hydrogen-bond acceptors (Lipinski definition) is 3. The summed E-state index contributed by atoms with van der Waals surface area (Å²) in [5, 5.41) is 13.9. The number of benzene rings is 1. The van der Waals surface area contributed by atoms with Crippen LogP contribution in [0.4, 0.5) is 0 Å². The lowest BCUT2D eigenvalue weighted by Crippen LogP contribution is -2.61. The van der Waals surface area contributed by atoms with Crippen LogP contribution in [0, 0.1) is 17.8 Å². The summed E-state index contributed by atoms with van der Waals surface area (Å²) in [5.41, 5.74) is 0.463. The van der Waals surface area contributed by atoms with Crippen LogP contribution in [0.3, 0.4) is 0 Å². The Labute approximate surface area is 164 Å². The average molecular weight is 424 g/mol. The zero-order chi connectivity index (χ0) is 19.1. The third-order valence-electron chi connectivity index (χ3n) is 6.12. The minimum atomic E-state index is -0.330. The van der Waals surface area contributed by atoms with Crippen LogP contribution >= 0.6 is 15.9 Å². The molecule has 2 N–H and O–H groups in total. The van der Waals surface area contributed by atoms with Gasteiger partial charge >= 0.3 is 0 Å². The van der Waals surface area contributed by atoms with Crippen molar-refractivity contribution in [2.45, 2.75) is 71.1 Å². The summed E-state index contributed by atoms with van der Waals surface area (Å²) in [4.78, 5) is 12.5. The molecule has 5 heteroatoms. The molecule has 0 bridgehead atoms. The molecule has 0 radical (unpaired) electrons. The predicted molar refractivity (Wildman–Crippen MR) is 106 cm³/mol. The second-order valence-electron chi connectivity index (χ2n) is 8.63. The molecule has 1 aliphatic heterocycles. The number of phenolic OH excluding ortho intramolecular Hbond substituents is 1. The Bertz CT molecular complexity index is 677. The molecule has 3 rings (SSSR count). The van der Waals surface area contributed by atoms with Crippen molar-refractivity contribution in [2.24, 2.45) is 17.8 Å². The Kier molecular flexibility index (Phi) is 5.69. The van der Waals surface area contributed by atoms with E-state index in [-0.39, 0.29) is 35.3 Å². The molecular formula is C21H30BrNO3. The normalized spacial score (nSPS) is 34.4. The molecule has 1 heterocycles. The minimum absolute atomic E-state index is 0.0478. The van der Waals surface area contributed by atoms with Crippen molar-refractivity contribution in [1.82, 2.24) is 5.32 Å². The fourth-order valence-electron chi connectivity index (χ4n) is 4.55. The molecule has 0 unspecified atom stereocenters. The zero-order valence-electron chi connectivity index (χ0n) is 16.1. The zero-order valence-corrected chi connectivity index (χ0v) is 17.7. The molecule has 1 aliphatic carbocycles. The smallest absolute Gasteiger partial charge is 0.222 e. The fourth-order valence-corrected chi connectivity index (χ4v) is 4.93. The number of halogens is 1. The van der Waals surface area contributed by atoms with E-state index < -0.39 is 0 Å². The van der Waals surface area contributed by atoms with Crippen molar-refractivity contribution in [3.05, 3.63) is 28.2 Å². The lowest BCUT2D eigenvalue weighted by atomic mass is 9.66. The maximum Gasteiger partial charge on any atom is 0.222 e. The van der Waals surface area contributed by atoms with Gasteiger partial charge in [0, 0.05) is 29.4 Å². The summed E-state index contributed by atoms with van der Waals surface area (Å²) in [6.07, 6.45) is 3.79. The highest BCUT2D eigenvalue weighted by Gasteiger charge is 2.50. The number of amides is 1. The van der Waals surface area contributed by atoms with Crippen LogP contribution in [0.15, 0.2) is 22.7 Å². The number of para-hydroxylation sites is 1. The van der Waals surface area contributed by atoms with Crippen LogP contribution in [-0.2, 0) is 9.53 Å². The van der Waals surface area contributed by atoms with Gasteiger partial charge in [-0.2, -0.15) is 0 Å². The van der Waals surface area contributed by atoms with Gasteiger partial charge in [-0.05, 0) is 47.7 Å². The highest BCUT2D eigenvalue weighted by atomic mass is 79.9. The summed E-state index contributed by atoms with van der Waals surface area (Å²) in [7, 11) is 0. The Morgan fingerprint density at radius 2 is 2.12 bits per heavy atom. The monoisotopic (exact) mass is 423 g/mol. The van der Waals surface area contributed by atoms with Gasteiger partial charge in [0.25, 0.3) is 0 Å². The first kappa shape index (κ1) is 19.7. The number of fused-ring (bicyclic) bond motifs is 1. The predicted octanol–water partition coefficient (Wildman–Crippen LogP) is 4.95. The van der Waals surface area contributed by atoms with Gasteiger partial charge in [0.2, 0.25) is 5.91 Å². The molecule has 2 aliphatic rings. The van der Waals surface area contributed by atoms with E-state index in [4.69, 9.17) is 4.74 Å². The van der Waals surface area contributed by atoms with Crippen LogP contribution in [0.5, 0.6) is 5.75 Å². The van der Waals surface area contributed by atoms with E-state index in [9.17, 15) is 9.90 Å². The van der Waals surface area contributed by atoms with Crippen molar-refractivity contribution in [1.29, 1.82) is 0 Å². The largest absolute Gasteiger partial charge is 0.506 e. The summed E-state index contributed by atoms with van der Waals surface area (Å²) < 4.78 is 7.16. The van der Waals surface area contributed by atoms with Gasteiger partial charge < -0.3 is 15.2 Å². The van der Waals surface area contributed by atoms with Gasteiger partial charge in [0.1, 0.15) is 5.75 Å². The van der Waals surface area contributed by atoms with Crippen LogP contribution < -0.4 is 5.32 Å². The van der Waals surface area contributed by atoms with Gasteiger partial charge in [-0.25, -0.2) is 0 Å². The summed E-state index contributed by atoms with van der Waals surface area (Å²) in [6, 6.07) is 5.66. The van der Waals surface area contributed by atoms with E-state index in [0.29, 0.717) is 22.7 Å². The maximum absolute atomic E-state index is 12.5. The third-order valence-corrected chi connectivity index (χ3v) is 6.76. The average Bonchev–Trinajstić information content (AvgIpc) is 2.56. The molecule has 0 spiro atoms. The highest BCUT2D eigenvalue weighted by molar-refractivity contribution is 9.10. The Morgan fingerprint density at radius 3 is 2.81 bits per heavy atom. The number of ether oxygens (including phenoxy) is 1. The van der Waals surface area contributed by atoms with E-state index in [1.807, 2.05) is 32.0 Å². The van der Waals surface area contributed by atoms with E-state index in [2.05, 4.69) is 35.1 Å². The standard InChI is InChI=1S/C21H30BrNO3/c1-12(2)20(25)23-21(4)11-18(14-6-5-7-16(22)19(14)24)26-17-10-13(3)8-9-15(17)21/h5-7,12-13,15,17-18,24H,8-11H2,1-4H3,(H,23,25)/t13-,15-,17-,18-,21-/m0/s1. The number of phenols is 1. The van der Waals surface area contributed by atoms with Gasteiger partial charge in [0.05, 0.1) is 16.7 Å². The Hall–Kier alpha value is -1.07. The number of hydrogen-bond donors (Lipinski definition) is 2. The number of carbonyl (C=O) groups is 1. The molecule has 5 atom stereocenters. The van der Waals surface area contributed by atoms with Gasteiger partial charge in [0.15, 0.2) is 0 Å². The quantitative estimate of drug-likeness (QED) is 0.722. The number of rotatable bonds is 3. The highest BCUT2D eigenvalue weighted by Crippen LogP contribution is 2.49. The Morgan fingerprint density at radius 1 is 1.38 bits per heavy atom. The van der Waals surface area contributed by atoms with E-state index in [1.54, 1.807) is 0 Å². The van der Waals surface area contributed by atoms with Crippen LogP contribution in [0.25, 0.3) is 0 Å². The Balaban J connectivity index is 1.94. The summed E-state index contributed by atoms with van der Waals surface area (Å²) in [5.74, 6) is 1.21. The van der Waals surface area contributed by atoms with Crippen molar-refractivity contribution in [2.75, 3.05) is 0 Å². The first-order valence-corrected chi connectivity index (χ1v) is 10.5. The number of carbonyl (C=O) groups excluding carboxylic acids is 1. The van der Waals surface area contributed by atoms with Gasteiger partial charge in [-0.1, -0.05) is 39.3 Å². The summed E-state index contributed by atoms with van der Waals surface area (Å²) >= 11 is 3.40. The van der Waals surface area contributed by atoms with E-state index in [0.717, 1.165) is 18.4 Å². The molecule has 1 aromatic rings. The first-order chi connectivity index (χ1) is 12.2. The second-order valence-corrected chi connectivity index (χ2v) is 9.49. The van der Waals surface area contributed by atoms with E-state index >= 15 is 0 Å². The van der Waals surface area contributed by atoms with Crippen LogP contribution in [0.2, 0.25) is 0 Å². The molecule has 4 nitrogen and oxygen atoms in total. The van der Waals surface area contributed by atoms with E-state index in [1.165, 1.54) is 6.42 Å². The SMILES string of the molecule is CC(C)C(=O)N[C@@]1(C)C[C@@H](c2cccc(Br)c2O)O[C@H]2C[C@@H](C)CC[C@@H]21. The topological polar surface area (TPSA) is 58.6 Å². The molecule has 0 aromatic heterocycles. The van der Waals surface area contributed by atoms with Crippen molar-refractivity contribution in [3.63, 3.8) is 0 Å². The molecular weight excluding hydrogens is 394 g/mol. The molecule has 144 valence electrons. The molecule has 1 saturated heterocycles. The third kappa shape index (κ3) is 3.79. The second kappa shape index (κ2) is 7.51. The maximum atomic E-state index is 12.5. The van der Waals surface area contributed by atoms with Crippen LogP contribution in [0.1, 0.15) is 65.0 Å². The van der Waals surface area contributed by atoms with Crippen molar-refractivity contribution < 1.29 is 14.6 Å². The molecule has 26 heavy (non-hydrogen) atoms. The molecule has 1 aromatic carbocycles.